The first-order valence-corrected chi connectivity index (χ1v) is 9.77. The Labute approximate surface area is 168 Å². The lowest BCUT2D eigenvalue weighted by molar-refractivity contribution is 0.119. The van der Waals surface area contributed by atoms with Crippen LogP contribution in [0.1, 0.15) is 35.9 Å². The quantitative estimate of drug-likeness (QED) is 0.373. The van der Waals surface area contributed by atoms with Gasteiger partial charge in [0, 0.05) is 38.0 Å². The van der Waals surface area contributed by atoms with Crippen molar-refractivity contribution in [2.45, 2.75) is 40.3 Å². The summed E-state index contributed by atoms with van der Waals surface area (Å²) in [4.78, 5) is 4.69. The number of nitrogens with zero attached hydrogens (tertiary/aromatic N) is 3. The van der Waals surface area contributed by atoms with Gasteiger partial charge in [-0.2, -0.15) is 5.10 Å². The Morgan fingerprint density at radius 1 is 1.18 bits per heavy atom. The molecule has 2 N–H and O–H groups in total. The van der Waals surface area contributed by atoms with E-state index in [1.54, 1.807) is 7.11 Å². The van der Waals surface area contributed by atoms with Gasteiger partial charge in [-0.1, -0.05) is 12.1 Å². The summed E-state index contributed by atoms with van der Waals surface area (Å²) in [6.07, 6.45) is 0.908. The highest BCUT2D eigenvalue weighted by Crippen LogP contribution is 2.13. The summed E-state index contributed by atoms with van der Waals surface area (Å²) in [5.41, 5.74) is 4.52. The highest BCUT2D eigenvalue weighted by Gasteiger charge is 2.08. The van der Waals surface area contributed by atoms with E-state index in [0.29, 0.717) is 19.8 Å². The fourth-order valence-corrected chi connectivity index (χ4v) is 2.84. The molecule has 0 saturated carbocycles. The van der Waals surface area contributed by atoms with E-state index in [1.165, 1.54) is 5.56 Å². The summed E-state index contributed by atoms with van der Waals surface area (Å²) >= 11 is 0. The molecule has 7 heteroatoms. The van der Waals surface area contributed by atoms with Gasteiger partial charge in [-0.05, 0) is 44.9 Å². The van der Waals surface area contributed by atoms with E-state index < -0.39 is 0 Å². The average Bonchev–Trinajstić information content (AvgIpc) is 2.94. The Hall–Kier alpha value is -2.54. The largest absolute Gasteiger partial charge is 0.497 e. The third-order valence-corrected chi connectivity index (χ3v) is 4.58. The number of nitrogens with one attached hydrogen (secondary N) is 2. The molecule has 2 rings (SSSR count). The van der Waals surface area contributed by atoms with Crippen molar-refractivity contribution in [2.75, 3.05) is 26.8 Å². The second-order valence-electron chi connectivity index (χ2n) is 6.65. The number of ether oxygens (including phenoxy) is 2. The maximum absolute atomic E-state index is 5.75. The first kappa shape index (κ1) is 21.8. The predicted molar refractivity (Wildman–Crippen MR) is 113 cm³/mol. The normalized spacial score (nSPS) is 11.5. The molecule has 1 aromatic heterocycles. The van der Waals surface area contributed by atoms with Crippen LogP contribution in [0.25, 0.3) is 0 Å². The lowest BCUT2D eigenvalue weighted by atomic mass is 10.2. The Morgan fingerprint density at radius 3 is 2.54 bits per heavy atom. The topological polar surface area (TPSA) is 72.7 Å². The molecule has 0 radical (unpaired) electrons. The predicted octanol–water partition coefficient (Wildman–Crippen LogP) is 2.71. The summed E-state index contributed by atoms with van der Waals surface area (Å²) < 4.78 is 12.8. The van der Waals surface area contributed by atoms with Crippen LogP contribution in [0, 0.1) is 13.8 Å². The molecule has 1 heterocycles. The zero-order valence-electron chi connectivity index (χ0n) is 17.7. The van der Waals surface area contributed by atoms with E-state index in [4.69, 9.17) is 9.47 Å². The molecular weight excluding hydrogens is 354 g/mol. The van der Waals surface area contributed by atoms with Gasteiger partial charge in [0.05, 0.1) is 26.0 Å². The fraction of sp³-hybridized carbons (Fsp3) is 0.524. The van der Waals surface area contributed by atoms with E-state index in [0.717, 1.165) is 48.2 Å². The average molecular weight is 388 g/mol. The molecule has 2 aromatic rings. The standard InChI is InChI=1S/C21H33N5O2/c1-6-22-21(24-14-20-16(2)25-26(4)17(20)3)23-12-7-13-28-15-18-8-10-19(27-5)11-9-18/h8-11H,6-7,12-15H2,1-5H3,(H2,22,23,24). The SMILES string of the molecule is CCNC(=NCc1c(C)nn(C)c1C)NCCCOCc1ccc(OC)cc1. The second-order valence-corrected chi connectivity index (χ2v) is 6.65. The molecule has 7 nitrogen and oxygen atoms in total. The number of aromatic nitrogens is 2. The molecule has 154 valence electrons. The van der Waals surface area contributed by atoms with Crippen LogP contribution in [0.4, 0.5) is 0 Å². The van der Waals surface area contributed by atoms with Crippen molar-refractivity contribution >= 4 is 5.96 Å². The van der Waals surface area contributed by atoms with Crippen LogP contribution in [0.15, 0.2) is 29.3 Å². The smallest absolute Gasteiger partial charge is 0.191 e. The molecule has 1 aromatic carbocycles. The van der Waals surface area contributed by atoms with Crippen LogP contribution in [-0.2, 0) is 24.9 Å². The third-order valence-electron chi connectivity index (χ3n) is 4.58. The minimum absolute atomic E-state index is 0.609. The minimum Gasteiger partial charge on any atom is -0.497 e. The van der Waals surface area contributed by atoms with Crippen molar-refractivity contribution in [3.63, 3.8) is 0 Å². The monoisotopic (exact) mass is 387 g/mol. The van der Waals surface area contributed by atoms with E-state index in [2.05, 4.69) is 34.6 Å². The van der Waals surface area contributed by atoms with E-state index in [1.807, 2.05) is 42.9 Å². The zero-order valence-corrected chi connectivity index (χ0v) is 17.7. The first-order chi connectivity index (χ1) is 13.5. The van der Waals surface area contributed by atoms with Crippen LogP contribution >= 0.6 is 0 Å². The maximum atomic E-state index is 5.75. The number of benzene rings is 1. The number of hydrogen-bond acceptors (Lipinski definition) is 4. The highest BCUT2D eigenvalue weighted by atomic mass is 16.5. The van der Waals surface area contributed by atoms with Crippen molar-refractivity contribution in [3.8, 4) is 5.75 Å². The summed E-state index contributed by atoms with van der Waals surface area (Å²) in [5, 5.41) is 11.1. The van der Waals surface area contributed by atoms with Gasteiger partial charge in [0.15, 0.2) is 5.96 Å². The van der Waals surface area contributed by atoms with E-state index >= 15 is 0 Å². The van der Waals surface area contributed by atoms with Crippen LogP contribution in [0.3, 0.4) is 0 Å². The first-order valence-electron chi connectivity index (χ1n) is 9.77. The van der Waals surface area contributed by atoms with Gasteiger partial charge in [0.25, 0.3) is 0 Å². The molecule has 0 spiro atoms. The van der Waals surface area contributed by atoms with Gasteiger partial charge in [0.1, 0.15) is 5.75 Å². The van der Waals surface area contributed by atoms with Crippen molar-refractivity contribution in [2.24, 2.45) is 12.0 Å². The number of methoxy groups -OCH3 is 1. The molecule has 0 atom stereocenters. The Bertz CT molecular complexity index is 753. The zero-order chi connectivity index (χ0) is 20.4. The number of guanidine groups is 1. The summed E-state index contributed by atoms with van der Waals surface area (Å²) in [6, 6.07) is 7.95. The molecule has 0 aliphatic rings. The van der Waals surface area contributed by atoms with Gasteiger partial charge < -0.3 is 20.1 Å². The fourth-order valence-electron chi connectivity index (χ4n) is 2.84. The Balaban J connectivity index is 1.72. The van der Waals surface area contributed by atoms with Crippen molar-refractivity contribution < 1.29 is 9.47 Å². The number of hydrogen-bond donors (Lipinski definition) is 2. The van der Waals surface area contributed by atoms with E-state index in [9.17, 15) is 0 Å². The number of aryl methyl sites for hydroxylation is 2. The Morgan fingerprint density at radius 2 is 1.93 bits per heavy atom. The van der Waals surface area contributed by atoms with Crippen LogP contribution in [-0.4, -0.2) is 42.5 Å². The van der Waals surface area contributed by atoms with Gasteiger partial charge >= 0.3 is 0 Å². The van der Waals surface area contributed by atoms with Crippen LogP contribution < -0.4 is 15.4 Å². The third kappa shape index (κ3) is 6.56. The van der Waals surface area contributed by atoms with Gasteiger partial charge in [-0.25, -0.2) is 4.99 Å². The Kier molecular flexibility index (Phi) is 8.81. The van der Waals surface area contributed by atoms with Crippen molar-refractivity contribution in [3.05, 3.63) is 46.8 Å². The molecule has 0 aliphatic carbocycles. The van der Waals surface area contributed by atoms with Gasteiger partial charge in [-0.15, -0.1) is 0 Å². The number of rotatable bonds is 10. The minimum atomic E-state index is 0.609. The maximum Gasteiger partial charge on any atom is 0.191 e. The molecule has 0 saturated heterocycles. The molecule has 0 bridgehead atoms. The number of aliphatic imine (C=N–C) groups is 1. The highest BCUT2D eigenvalue weighted by molar-refractivity contribution is 5.79. The lowest BCUT2D eigenvalue weighted by Gasteiger charge is -2.11. The molecule has 0 unspecified atom stereocenters. The summed E-state index contributed by atoms with van der Waals surface area (Å²) in [6.45, 7) is 9.72. The second kappa shape index (κ2) is 11.3. The van der Waals surface area contributed by atoms with E-state index in [-0.39, 0.29) is 0 Å². The van der Waals surface area contributed by atoms with Crippen LogP contribution in [0.5, 0.6) is 5.75 Å². The lowest BCUT2D eigenvalue weighted by Crippen LogP contribution is -2.38. The van der Waals surface area contributed by atoms with Gasteiger partial charge in [-0.3, -0.25) is 4.68 Å². The summed E-state index contributed by atoms with van der Waals surface area (Å²) in [7, 11) is 3.63. The molecule has 0 fully saturated rings. The van der Waals surface area contributed by atoms with Crippen molar-refractivity contribution in [1.29, 1.82) is 0 Å². The van der Waals surface area contributed by atoms with Crippen LogP contribution in [0.2, 0.25) is 0 Å². The molecular formula is C21H33N5O2. The van der Waals surface area contributed by atoms with Crippen molar-refractivity contribution in [1.82, 2.24) is 20.4 Å². The molecule has 28 heavy (non-hydrogen) atoms. The van der Waals surface area contributed by atoms with Gasteiger partial charge in [0.2, 0.25) is 0 Å². The summed E-state index contributed by atoms with van der Waals surface area (Å²) in [5.74, 6) is 1.68. The molecule has 0 aliphatic heterocycles. The molecule has 0 amide bonds.